The van der Waals surface area contributed by atoms with Gasteiger partial charge >= 0.3 is 0 Å². The molecule has 276 valence electrons. The standard InChI is InChI=1S/C55H36N4/c56-35-36-19-25-43(26-20-36)59-54-29-23-39(37-21-27-52-46(31-37)44-15-7-9-17-50(44)57(52)41-11-3-1-4-12-41)33-48(54)49-34-40(24-30-55(49)59)38-22-28-53-47(32-38)45-16-8-10-18-51(45)58(53)42-13-5-2-6-14-42/h1-33,40H,34H2. The monoisotopic (exact) mass is 752 g/mol. The van der Waals surface area contributed by atoms with Gasteiger partial charge in [0.1, 0.15) is 0 Å². The topological polar surface area (TPSA) is 38.6 Å². The molecule has 0 aliphatic heterocycles. The number of rotatable bonds is 5. The molecule has 0 fully saturated rings. The zero-order valence-corrected chi connectivity index (χ0v) is 32.1. The zero-order valence-electron chi connectivity index (χ0n) is 32.1. The maximum absolute atomic E-state index is 9.60. The summed E-state index contributed by atoms with van der Waals surface area (Å²) in [6.07, 6.45) is 5.58. The van der Waals surface area contributed by atoms with Gasteiger partial charge in [-0.25, -0.2) is 0 Å². The number of benzene rings is 8. The molecule has 0 N–H and O–H groups in total. The first-order valence-corrected chi connectivity index (χ1v) is 20.3. The van der Waals surface area contributed by atoms with Gasteiger partial charge in [-0.3, -0.25) is 0 Å². The molecule has 3 aromatic heterocycles. The van der Waals surface area contributed by atoms with Gasteiger partial charge in [0.2, 0.25) is 0 Å². The Balaban J connectivity index is 1.01. The fourth-order valence-corrected chi connectivity index (χ4v) is 9.72. The second kappa shape index (κ2) is 13.1. The van der Waals surface area contributed by atoms with Crippen molar-refractivity contribution in [2.75, 3.05) is 0 Å². The van der Waals surface area contributed by atoms with E-state index >= 15 is 0 Å². The summed E-state index contributed by atoms with van der Waals surface area (Å²) in [6, 6.07) is 70.0. The minimum Gasteiger partial charge on any atom is -0.310 e. The van der Waals surface area contributed by atoms with E-state index in [1.54, 1.807) is 0 Å². The van der Waals surface area contributed by atoms with Crippen molar-refractivity contribution in [2.45, 2.75) is 12.3 Å². The molecule has 0 saturated heterocycles. The minimum absolute atomic E-state index is 0.204. The zero-order chi connectivity index (χ0) is 39.0. The van der Waals surface area contributed by atoms with Crippen molar-refractivity contribution in [3.8, 4) is 34.3 Å². The lowest BCUT2D eigenvalue weighted by atomic mass is 9.86. The van der Waals surface area contributed by atoms with Crippen molar-refractivity contribution >= 4 is 60.6 Å². The van der Waals surface area contributed by atoms with Crippen LogP contribution in [0.1, 0.15) is 28.3 Å². The van der Waals surface area contributed by atoms with Crippen LogP contribution in [0.3, 0.4) is 0 Å². The Labute approximate surface area is 341 Å². The summed E-state index contributed by atoms with van der Waals surface area (Å²) in [6.45, 7) is 0. The van der Waals surface area contributed by atoms with Crippen LogP contribution in [-0.2, 0) is 6.42 Å². The van der Waals surface area contributed by atoms with Crippen molar-refractivity contribution in [2.24, 2.45) is 0 Å². The Morgan fingerprint density at radius 3 is 1.53 bits per heavy atom. The van der Waals surface area contributed by atoms with Crippen LogP contribution >= 0.6 is 0 Å². The van der Waals surface area contributed by atoms with E-state index in [-0.39, 0.29) is 5.92 Å². The Morgan fingerprint density at radius 1 is 0.424 bits per heavy atom. The van der Waals surface area contributed by atoms with E-state index in [0.717, 1.165) is 23.3 Å². The molecule has 12 rings (SSSR count). The van der Waals surface area contributed by atoms with Gasteiger partial charge in [0.15, 0.2) is 0 Å². The van der Waals surface area contributed by atoms with Crippen LogP contribution in [0.4, 0.5) is 0 Å². The highest BCUT2D eigenvalue weighted by molar-refractivity contribution is 6.11. The fraction of sp³-hybridized carbons (Fsp3) is 0.0364. The second-order valence-electron chi connectivity index (χ2n) is 15.6. The Kier molecular flexibility index (Phi) is 7.39. The van der Waals surface area contributed by atoms with E-state index in [1.807, 2.05) is 12.1 Å². The lowest BCUT2D eigenvalue weighted by Gasteiger charge is -2.20. The molecule has 3 heterocycles. The fourth-order valence-electron chi connectivity index (χ4n) is 9.72. The van der Waals surface area contributed by atoms with Gasteiger partial charge in [-0.1, -0.05) is 97.1 Å². The van der Waals surface area contributed by atoms with E-state index in [0.29, 0.717) is 5.56 Å². The van der Waals surface area contributed by atoms with Crippen molar-refractivity contribution in [1.82, 2.24) is 13.7 Å². The number of allylic oxidation sites excluding steroid dienone is 1. The summed E-state index contributed by atoms with van der Waals surface area (Å²) in [5, 5.41) is 15.9. The highest BCUT2D eigenvalue weighted by Crippen LogP contribution is 2.42. The molecule has 59 heavy (non-hydrogen) atoms. The molecule has 0 radical (unpaired) electrons. The van der Waals surface area contributed by atoms with Crippen molar-refractivity contribution in [1.29, 1.82) is 5.26 Å². The number of aromatic nitrogens is 3. The van der Waals surface area contributed by atoms with E-state index in [2.05, 4.69) is 208 Å². The van der Waals surface area contributed by atoms with Crippen LogP contribution in [0.5, 0.6) is 0 Å². The summed E-state index contributed by atoms with van der Waals surface area (Å²) in [5.41, 5.74) is 16.3. The number of hydrogen-bond acceptors (Lipinski definition) is 1. The predicted molar refractivity (Wildman–Crippen MR) is 244 cm³/mol. The van der Waals surface area contributed by atoms with Gasteiger partial charge in [0.25, 0.3) is 0 Å². The molecule has 11 aromatic rings. The van der Waals surface area contributed by atoms with Crippen molar-refractivity contribution in [3.05, 3.63) is 217 Å². The smallest absolute Gasteiger partial charge is 0.0991 e. The largest absolute Gasteiger partial charge is 0.310 e. The summed E-state index contributed by atoms with van der Waals surface area (Å²) in [4.78, 5) is 0. The van der Waals surface area contributed by atoms with E-state index in [9.17, 15) is 5.26 Å². The molecular formula is C55H36N4. The molecule has 1 unspecified atom stereocenters. The van der Waals surface area contributed by atoms with Crippen molar-refractivity contribution < 1.29 is 0 Å². The van der Waals surface area contributed by atoms with Gasteiger partial charge < -0.3 is 13.7 Å². The first-order chi connectivity index (χ1) is 29.2. The molecule has 0 saturated carbocycles. The average Bonchev–Trinajstić information content (AvgIpc) is 3.94. The Morgan fingerprint density at radius 2 is 0.915 bits per heavy atom. The molecule has 4 heteroatoms. The summed E-state index contributed by atoms with van der Waals surface area (Å²) >= 11 is 0. The quantitative estimate of drug-likeness (QED) is 0.173. The minimum atomic E-state index is 0.204. The van der Waals surface area contributed by atoms with Gasteiger partial charge in [-0.2, -0.15) is 5.26 Å². The summed E-state index contributed by atoms with van der Waals surface area (Å²) in [7, 11) is 0. The van der Waals surface area contributed by atoms with Crippen LogP contribution in [0.2, 0.25) is 0 Å². The lowest BCUT2D eigenvalue weighted by Crippen LogP contribution is -2.07. The molecule has 8 aromatic carbocycles. The molecule has 1 aliphatic rings. The highest BCUT2D eigenvalue weighted by atomic mass is 15.0. The maximum Gasteiger partial charge on any atom is 0.0991 e. The first kappa shape index (κ1) is 33.3. The maximum atomic E-state index is 9.60. The van der Waals surface area contributed by atoms with Crippen LogP contribution < -0.4 is 0 Å². The molecule has 0 amide bonds. The first-order valence-electron chi connectivity index (χ1n) is 20.3. The molecule has 1 aliphatic carbocycles. The summed E-state index contributed by atoms with van der Waals surface area (Å²) in [5.74, 6) is 0.204. The van der Waals surface area contributed by atoms with E-state index in [4.69, 9.17) is 0 Å². The van der Waals surface area contributed by atoms with Gasteiger partial charge in [-0.15, -0.1) is 0 Å². The van der Waals surface area contributed by atoms with Crippen LogP contribution in [0.25, 0.3) is 88.8 Å². The van der Waals surface area contributed by atoms with Crippen LogP contribution in [-0.4, -0.2) is 13.7 Å². The second-order valence-corrected chi connectivity index (χ2v) is 15.6. The number of fused-ring (bicyclic) bond motifs is 9. The Bertz CT molecular complexity index is 3520. The van der Waals surface area contributed by atoms with E-state index in [1.165, 1.54) is 82.6 Å². The number of para-hydroxylation sites is 4. The average molecular weight is 753 g/mol. The van der Waals surface area contributed by atoms with Crippen LogP contribution in [0, 0.1) is 11.3 Å². The number of hydrogen-bond donors (Lipinski definition) is 0. The molecule has 0 bridgehead atoms. The third-order valence-corrected chi connectivity index (χ3v) is 12.4. The normalized spacial score (nSPS) is 13.8. The molecule has 1 atom stereocenters. The SMILES string of the molecule is N#Cc1ccc(-n2c3c(c4cc(-c5ccc6c(c5)c5ccccc5n6-c5ccccc5)ccc42)CC(c2ccc4c(c2)c2ccccc2n4-c2ccccc2)C=C3)cc1. The van der Waals surface area contributed by atoms with Gasteiger partial charge in [0, 0.05) is 55.6 Å². The molecule has 0 spiro atoms. The Hall–Kier alpha value is -7.87. The van der Waals surface area contributed by atoms with Crippen LogP contribution in [0.15, 0.2) is 194 Å². The number of nitriles is 1. The third kappa shape index (κ3) is 5.15. The highest BCUT2D eigenvalue weighted by Gasteiger charge is 2.25. The molecular weight excluding hydrogens is 717 g/mol. The summed E-state index contributed by atoms with van der Waals surface area (Å²) < 4.78 is 7.12. The molecule has 4 nitrogen and oxygen atoms in total. The third-order valence-electron chi connectivity index (χ3n) is 12.4. The van der Waals surface area contributed by atoms with Crippen molar-refractivity contribution in [3.63, 3.8) is 0 Å². The van der Waals surface area contributed by atoms with Gasteiger partial charge in [-0.05, 0) is 132 Å². The van der Waals surface area contributed by atoms with Gasteiger partial charge in [0.05, 0.1) is 39.2 Å². The predicted octanol–water partition coefficient (Wildman–Crippen LogP) is 13.7. The lowest BCUT2D eigenvalue weighted by molar-refractivity contribution is 0.826. The van der Waals surface area contributed by atoms with E-state index < -0.39 is 0 Å². The number of nitrogens with zero attached hydrogens (tertiary/aromatic N) is 4.